The summed E-state index contributed by atoms with van der Waals surface area (Å²) in [7, 11) is 0. The number of hydrogen-bond donors (Lipinski definition) is 1. The van der Waals surface area contributed by atoms with E-state index in [1.165, 1.54) is 0 Å². The second-order valence-corrected chi connectivity index (χ2v) is 4.75. The van der Waals surface area contributed by atoms with E-state index in [1.54, 1.807) is 20.8 Å². The number of nitrogens with zero attached hydrogens (tertiary/aromatic N) is 2. The molecule has 0 aromatic carbocycles. The van der Waals surface area contributed by atoms with E-state index in [-0.39, 0.29) is 12.6 Å². The molecule has 0 bridgehead atoms. The molecule has 0 aromatic heterocycles. The first-order chi connectivity index (χ1) is 7.84. The van der Waals surface area contributed by atoms with Gasteiger partial charge in [-0.3, -0.25) is 4.90 Å². The van der Waals surface area contributed by atoms with Gasteiger partial charge in [0.2, 0.25) is 0 Å². The van der Waals surface area contributed by atoms with Crippen LogP contribution in [0.5, 0.6) is 0 Å². The lowest BCUT2D eigenvalue weighted by Gasteiger charge is -2.25. The van der Waals surface area contributed by atoms with Gasteiger partial charge < -0.3 is 10.1 Å². The smallest absolute Gasteiger partial charge is 0.407 e. The minimum Gasteiger partial charge on any atom is -0.444 e. The van der Waals surface area contributed by atoms with Gasteiger partial charge in [-0.2, -0.15) is 5.26 Å². The summed E-state index contributed by atoms with van der Waals surface area (Å²) < 4.78 is 5.10. The van der Waals surface area contributed by atoms with E-state index in [9.17, 15) is 4.79 Å². The standard InChI is InChI=1S/C12H23N3O2/c1-6-15(7-2)10(8-13)9-14-11(16)17-12(3,4)5/h10H,6-7,9H2,1-5H3,(H,14,16). The third-order valence-corrected chi connectivity index (χ3v) is 2.24. The van der Waals surface area contributed by atoms with Gasteiger partial charge in [-0.05, 0) is 33.9 Å². The fourth-order valence-corrected chi connectivity index (χ4v) is 1.41. The van der Waals surface area contributed by atoms with Crippen molar-refractivity contribution in [3.8, 4) is 6.07 Å². The first kappa shape index (κ1) is 15.7. The van der Waals surface area contributed by atoms with Crippen molar-refractivity contribution in [3.05, 3.63) is 0 Å². The van der Waals surface area contributed by atoms with Gasteiger partial charge in [0.1, 0.15) is 11.6 Å². The van der Waals surface area contributed by atoms with Crippen molar-refractivity contribution in [2.24, 2.45) is 0 Å². The van der Waals surface area contributed by atoms with Crippen molar-refractivity contribution in [1.29, 1.82) is 5.26 Å². The topological polar surface area (TPSA) is 65.4 Å². The van der Waals surface area contributed by atoms with Crippen LogP contribution in [-0.4, -0.2) is 42.3 Å². The molecular weight excluding hydrogens is 218 g/mol. The predicted octanol–water partition coefficient (Wildman–Crippen LogP) is 1.75. The van der Waals surface area contributed by atoms with E-state index in [0.717, 1.165) is 13.1 Å². The van der Waals surface area contributed by atoms with E-state index in [2.05, 4.69) is 11.4 Å². The molecule has 0 aliphatic carbocycles. The molecule has 1 amide bonds. The lowest BCUT2D eigenvalue weighted by atomic mass is 10.2. The molecular formula is C12H23N3O2. The Morgan fingerprint density at radius 3 is 2.29 bits per heavy atom. The van der Waals surface area contributed by atoms with Crippen molar-refractivity contribution < 1.29 is 9.53 Å². The highest BCUT2D eigenvalue weighted by molar-refractivity contribution is 5.67. The number of rotatable bonds is 5. The van der Waals surface area contributed by atoms with E-state index in [4.69, 9.17) is 10.00 Å². The van der Waals surface area contributed by atoms with Gasteiger partial charge >= 0.3 is 6.09 Å². The highest BCUT2D eigenvalue weighted by Crippen LogP contribution is 2.06. The lowest BCUT2D eigenvalue weighted by molar-refractivity contribution is 0.0516. The molecule has 0 spiro atoms. The Labute approximate surface area is 104 Å². The Kier molecular flexibility index (Phi) is 6.59. The van der Waals surface area contributed by atoms with Crippen LogP contribution in [0.15, 0.2) is 0 Å². The molecule has 1 N–H and O–H groups in total. The zero-order valence-corrected chi connectivity index (χ0v) is 11.4. The van der Waals surface area contributed by atoms with E-state index >= 15 is 0 Å². The molecule has 5 heteroatoms. The van der Waals surface area contributed by atoms with Crippen LogP contribution < -0.4 is 5.32 Å². The molecule has 0 saturated carbocycles. The Balaban J connectivity index is 4.17. The maximum atomic E-state index is 11.4. The maximum absolute atomic E-state index is 11.4. The number of nitrogens with one attached hydrogen (secondary N) is 1. The number of carbonyl (C=O) groups excluding carboxylic acids is 1. The summed E-state index contributed by atoms with van der Waals surface area (Å²) in [5.74, 6) is 0. The van der Waals surface area contributed by atoms with Crippen molar-refractivity contribution >= 4 is 6.09 Å². The molecule has 0 aromatic rings. The normalized spacial score (nSPS) is 13.0. The molecule has 0 fully saturated rings. The number of carbonyl (C=O) groups is 1. The van der Waals surface area contributed by atoms with Gasteiger partial charge in [0.25, 0.3) is 0 Å². The van der Waals surface area contributed by atoms with Crippen LogP contribution in [-0.2, 0) is 4.74 Å². The van der Waals surface area contributed by atoms with E-state index < -0.39 is 11.7 Å². The average molecular weight is 241 g/mol. The third-order valence-electron chi connectivity index (χ3n) is 2.24. The second kappa shape index (κ2) is 7.13. The molecule has 0 aliphatic heterocycles. The van der Waals surface area contributed by atoms with E-state index in [1.807, 2.05) is 18.7 Å². The molecule has 0 heterocycles. The van der Waals surface area contributed by atoms with Gasteiger partial charge in [0.05, 0.1) is 6.07 Å². The Hall–Kier alpha value is -1.28. The molecule has 5 nitrogen and oxygen atoms in total. The number of ether oxygens (including phenoxy) is 1. The van der Waals surface area contributed by atoms with Crippen molar-refractivity contribution in [1.82, 2.24) is 10.2 Å². The highest BCUT2D eigenvalue weighted by Gasteiger charge is 2.19. The van der Waals surface area contributed by atoms with Crippen LogP contribution in [0, 0.1) is 11.3 Å². The fourth-order valence-electron chi connectivity index (χ4n) is 1.41. The van der Waals surface area contributed by atoms with Gasteiger partial charge in [-0.1, -0.05) is 13.8 Å². The lowest BCUT2D eigenvalue weighted by Crippen LogP contribution is -2.44. The van der Waals surface area contributed by atoms with Crippen LogP contribution in [0.4, 0.5) is 4.79 Å². The Morgan fingerprint density at radius 2 is 1.94 bits per heavy atom. The van der Waals surface area contributed by atoms with Crippen LogP contribution in [0.1, 0.15) is 34.6 Å². The summed E-state index contributed by atoms with van der Waals surface area (Å²) >= 11 is 0. The highest BCUT2D eigenvalue weighted by atomic mass is 16.6. The quantitative estimate of drug-likeness (QED) is 0.796. The zero-order valence-electron chi connectivity index (χ0n) is 11.4. The Morgan fingerprint density at radius 1 is 1.41 bits per heavy atom. The minimum absolute atomic E-state index is 0.285. The minimum atomic E-state index is -0.512. The SMILES string of the molecule is CCN(CC)C(C#N)CNC(=O)OC(C)(C)C. The summed E-state index contributed by atoms with van der Waals surface area (Å²) in [6, 6.07) is 1.87. The zero-order chi connectivity index (χ0) is 13.5. The number of alkyl carbamates (subject to hydrolysis) is 1. The van der Waals surface area contributed by atoms with Gasteiger partial charge in [-0.25, -0.2) is 4.79 Å². The number of likely N-dealkylation sites (N-methyl/N-ethyl adjacent to an activating group) is 1. The van der Waals surface area contributed by atoms with E-state index in [0.29, 0.717) is 0 Å². The van der Waals surface area contributed by atoms with Crippen molar-refractivity contribution in [3.63, 3.8) is 0 Å². The number of amides is 1. The van der Waals surface area contributed by atoms with Crippen molar-refractivity contribution in [2.45, 2.75) is 46.3 Å². The van der Waals surface area contributed by atoms with Gasteiger partial charge in [0, 0.05) is 6.54 Å². The summed E-state index contributed by atoms with van der Waals surface area (Å²) in [5, 5.41) is 11.6. The number of hydrogen-bond acceptors (Lipinski definition) is 4. The largest absolute Gasteiger partial charge is 0.444 e. The summed E-state index contributed by atoms with van der Waals surface area (Å²) in [6.07, 6.45) is -0.482. The molecule has 1 unspecified atom stereocenters. The van der Waals surface area contributed by atoms with Crippen LogP contribution in [0.3, 0.4) is 0 Å². The summed E-state index contributed by atoms with van der Waals surface area (Å²) in [6.45, 7) is 11.2. The molecule has 0 aliphatic rings. The van der Waals surface area contributed by atoms with Gasteiger partial charge in [-0.15, -0.1) is 0 Å². The predicted molar refractivity (Wildman–Crippen MR) is 66.6 cm³/mol. The second-order valence-electron chi connectivity index (χ2n) is 4.75. The Bertz CT molecular complexity index is 274. The third kappa shape index (κ3) is 6.80. The summed E-state index contributed by atoms with van der Waals surface area (Å²) in [5.41, 5.74) is -0.512. The average Bonchev–Trinajstić information content (AvgIpc) is 2.21. The monoisotopic (exact) mass is 241 g/mol. The molecule has 0 radical (unpaired) electrons. The van der Waals surface area contributed by atoms with Gasteiger partial charge in [0.15, 0.2) is 0 Å². The molecule has 0 rings (SSSR count). The number of nitriles is 1. The first-order valence-electron chi connectivity index (χ1n) is 5.94. The van der Waals surface area contributed by atoms with Crippen LogP contribution in [0.25, 0.3) is 0 Å². The fraction of sp³-hybridized carbons (Fsp3) is 0.833. The molecule has 98 valence electrons. The maximum Gasteiger partial charge on any atom is 0.407 e. The summed E-state index contributed by atoms with van der Waals surface area (Å²) in [4.78, 5) is 13.4. The molecule has 17 heavy (non-hydrogen) atoms. The molecule has 1 atom stereocenters. The first-order valence-corrected chi connectivity index (χ1v) is 5.94. The van der Waals surface area contributed by atoms with Crippen molar-refractivity contribution in [2.75, 3.05) is 19.6 Å². The van der Waals surface area contributed by atoms with Crippen LogP contribution >= 0.6 is 0 Å². The van der Waals surface area contributed by atoms with Crippen LogP contribution in [0.2, 0.25) is 0 Å². The molecule has 0 saturated heterocycles.